The molecule has 2 heterocycles. The van der Waals surface area contributed by atoms with Gasteiger partial charge in [-0.1, -0.05) is 34.4 Å². The zero-order valence-corrected chi connectivity index (χ0v) is 15.6. The van der Waals surface area contributed by atoms with Crippen molar-refractivity contribution < 1.29 is 9.32 Å². The van der Waals surface area contributed by atoms with Crippen molar-refractivity contribution in [3.63, 3.8) is 0 Å². The average Bonchev–Trinajstić information content (AvgIpc) is 3.12. The van der Waals surface area contributed by atoms with Crippen LogP contribution in [0.3, 0.4) is 0 Å². The summed E-state index contributed by atoms with van der Waals surface area (Å²) in [5.74, 6) is 0.993. The van der Waals surface area contributed by atoms with Crippen LogP contribution >= 0.6 is 35.0 Å². The summed E-state index contributed by atoms with van der Waals surface area (Å²) < 4.78 is 5.03. The number of rotatable bonds is 7. The molecule has 3 aromatic rings. The number of hydrazine groups is 1. The van der Waals surface area contributed by atoms with E-state index in [4.69, 9.17) is 27.7 Å². The molecule has 3 rings (SSSR count). The Kier molecular flexibility index (Phi) is 6.32. The Hall–Kier alpha value is -2.29. The lowest BCUT2D eigenvalue weighted by Gasteiger charge is -2.06. The molecule has 0 aliphatic rings. The van der Waals surface area contributed by atoms with Gasteiger partial charge in [-0.2, -0.15) is 4.98 Å². The third-order valence-electron chi connectivity index (χ3n) is 3.18. The van der Waals surface area contributed by atoms with Gasteiger partial charge in [0.05, 0.1) is 5.75 Å². The highest BCUT2D eigenvalue weighted by molar-refractivity contribution is 7.99. The Morgan fingerprint density at radius 1 is 1.19 bits per heavy atom. The highest BCUT2D eigenvalue weighted by Gasteiger charge is 2.09. The van der Waals surface area contributed by atoms with Crippen molar-refractivity contribution in [3.8, 4) is 11.4 Å². The predicted octanol–water partition coefficient (Wildman–Crippen LogP) is 3.81. The number of halogens is 2. The smallest absolute Gasteiger partial charge is 0.313 e. The number of thioether (sulfide) groups is 1. The van der Waals surface area contributed by atoms with Gasteiger partial charge in [-0.15, -0.1) is 11.8 Å². The lowest BCUT2D eigenvalue weighted by Crippen LogP contribution is -2.31. The third kappa shape index (κ3) is 5.10. The number of nitrogens with one attached hydrogen (secondary N) is 2. The van der Waals surface area contributed by atoms with Crippen LogP contribution in [-0.2, 0) is 10.5 Å². The SMILES string of the molecule is O=C(CSCc1ccc(Cl)cc1Cl)NNc1nc(-c2ccncc2)no1. The zero-order chi connectivity index (χ0) is 18.4. The molecule has 26 heavy (non-hydrogen) atoms. The van der Waals surface area contributed by atoms with Crippen LogP contribution < -0.4 is 10.9 Å². The van der Waals surface area contributed by atoms with Gasteiger partial charge in [-0.3, -0.25) is 15.2 Å². The quantitative estimate of drug-likeness (QED) is 0.572. The van der Waals surface area contributed by atoms with Crippen molar-refractivity contribution in [2.24, 2.45) is 0 Å². The second-order valence-electron chi connectivity index (χ2n) is 5.06. The lowest BCUT2D eigenvalue weighted by molar-refractivity contribution is -0.118. The van der Waals surface area contributed by atoms with E-state index in [0.717, 1.165) is 11.1 Å². The van der Waals surface area contributed by atoms with Crippen LogP contribution in [0.1, 0.15) is 5.56 Å². The van der Waals surface area contributed by atoms with Crippen LogP contribution in [-0.4, -0.2) is 26.8 Å². The summed E-state index contributed by atoms with van der Waals surface area (Å²) in [5, 5.41) is 4.99. The van der Waals surface area contributed by atoms with Crippen molar-refractivity contribution in [1.82, 2.24) is 20.6 Å². The first kappa shape index (κ1) is 18.5. The standard InChI is InChI=1S/C16H13Cl2N5O2S/c17-12-2-1-11(13(18)7-12)8-26-9-14(24)21-22-16-20-15(23-25-16)10-3-5-19-6-4-10/h1-7H,8-9H2,(H,21,24)(H,20,22,23). The topological polar surface area (TPSA) is 92.9 Å². The number of anilines is 1. The zero-order valence-electron chi connectivity index (χ0n) is 13.3. The molecule has 0 aliphatic carbocycles. The minimum absolute atomic E-state index is 0.0934. The summed E-state index contributed by atoms with van der Waals surface area (Å²) in [6.45, 7) is 0. The molecule has 0 atom stereocenters. The minimum atomic E-state index is -0.233. The van der Waals surface area contributed by atoms with Crippen molar-refractivity contribution in [2.45, 2.75) is 5.75 Å². The molecule has 2 aromatic heterocycles. The van der Waals surface area contributed by atoms with Crippen molar-refractivity contribution in [3.05, 3.63) is 58.3 Å². The van der Waals surface area contributed by atoms with E-state index < -0.39 is 0 Å². The van der Waals surface area contributed by atoms with Crippen LogP contribution in [0.5, 0.6) is 0 Å². The summed E-state index contributed by atoms with van der Waals surface area (Å²) in [6.07, 6.45) is 3.26. The normalized spacial score (nSPS) is 10.5. The number of carbonyl (C=O) groups excluding carboxylic acids is 1. The molecule has 0 radical (unpaired) electrons. The van der Waals surface area contributed by atoms with E-state index in [1.807, 2.05) is 6.07 Å². The molecule has 0 aliphatic heterocycles. The molecule has 10 heteroatoms. The average molecular weight is 410 g/mol. The molecule has 1 amide bonds. The first-order chi connectivity index (χ1) is 12.6. The summed E-state index contributed by atoms with van der Waals surface area (Å²) >= 11 is 13.4. The second kappa shape index (κ2) is 8.88. The second-order valence-corrected chi connectivity index (χ2v) is 6.89. The number of pyridine rings is 1. The van der Waals surface area contributed by atoms with E-state index in [1.54, 1.807) is 36.7 Å². The van der Waals surface area contributed by atoms with E-state index in [2.05, 4.69) is 26.0 Å². The number of hydrogen-bond donors (Lipinski definition) is 2. The van der Waals surface area contributed by atoms with Crippen LogP contribution in [0.15, 0.2) is 47.2 Å². The van der Waals surface area contributed by atoms with Crippen LogP contribution in [0.2, 0.25) is 10.0 Å². The Morgan fingerprint density at radius 3 is 2.77 bits per heavy atom. The summed E-state index contributed by atoms with van der Waals surface area (Å²) in [4.78, 5) is 19.9. The number of nitrogens with zero attached hydrogens (tertiary/aromatic N) is 3. The molecule has 134 valence electrons. The van der Waals surface area contributed by atoms with Gasteiger partial charge in [0, 0.05) is 33.8 Å². The maximum absolute atomic E-state index is 11.9. The first-order valence-corrected chi connectivity index (χ1v) is 9.33. The monoisotopic (exact) mass is 409 g/mol. The molecule has 0 spiro atoms. The Labute approximate surface area is 163 Å². The maximum atomic E-state index is 11.9. The maximum Gasteiger partial charge on any atom is 0.340 e. The highest BCUT2D eigenvalue weighted by Crippen LogP contribution is 2.24. The van der Waals surface area contributed by atoms with Gasteiger partial charge in [-0.05, 0) is 29.8 Å². The third-order valence-corrected chi connectivity index (χ3v) is 4.75. The van der Waals surface area contributed by atoms with Gasteiger partial charge in [0.15, 0.2) is 0 Å². The molecule has 2 N–H and O–H groups in total. The van der Waals surface area contributed by atoms with Crippen molar-refractivity contribution in [2.75, 3.05) is 11.2 Å². The summed E-state index contributed by atoms with van der Waals surface area (Å²) in [7, 11) is 0. The van der Waals surface area contributed by atoms with Crippen molar-refractivity contribution in [1.29, 1.82) is 0 Å². The number of hydrogen-bond acceptors (Lipinski definition) is 7. The van der Waals surface area contributed by atoms with E-state index in [9.17, 15) is 4.79 Å². The summed E-state index contributed by atoms with van der Waals surface area (Å²) in [5.41, 5.74) is 6.77. The number of benzene rings is 1. The van der Waals surface area contributed by atoms with Crippen LogP contribution in [0, 0.1) is 0 Å². The van der Waals surface area contributed by atoms with Crippen LogP contribution in [0.25, 0.3) is 11.4 Å². The predicted molar refractivity (Wildman–Crippen MR) is 102 cm³/mol. The molecular formula is C16H13Cl2N5O2S. The van der Waals surface area contributed by atoms with E-state index >= 15 is 0 Å². The lowest BCUT2D eigenvalue weighted by atomic mass is 10.2. The van der Waals surface area contributed by atoms with E-state index in [0.29, 0.717) is 21.6 Å². The highest BCUT2D eigenvalue weighted by atomic mass is 35.5. The van der Waals surface area contributed by atoms with Gasteiger partial charge in [0.2, 0.25) is 11.7 Å². The number of aromatic nitrogens is 3. The molecule has 0 bridgehead atoms. The fourth-order valence-electron chi connectivity index (χ4n) is 1.94. The molecule has 1 aromatic carbocycles. The van der Waals surface area contributed by atoms with Gasteiger partial charge in [0.25, 0.3) is 0 Å². The summed E-state index contributed by atoms with van der Waals surface area (Å²) in [6, 6.07) is 8.89. The molecule has 0 saturated heterocycles. The Morgan fingerprint density at radius 2 is 2.00 bits per heavy atom. The molecule has 0 saturated carbocycles. The van der Waals surface area contributed by atoms with Gasteiger partial charge in [0.1, 0.15) is 0 Å². The Bertz CT molecular complexity index is 891. The molecule has 0 fully saturated rings. The van der Waals surface area contributed by atoms with E-state index in [1.165, 1.54) is 11.8 Å². The van der Waals surface area contributed by atoms with E-state index in [-0.39, 0.29) is 17.7 Å². The molecule has 7 nitrogen and oxygen atoms in total. The van der Waals surface area contributed by atoms with Crippen LogP contribution in [0.4, 0.5) is 6.01 Å². The molecular weight excluding hydrogens is 397 g/mol. The molecule has 0 unspecified atom stereocenters. The fourth-order valence-corrected chi connectivity index (χ4v) is 3.33. The largest absolute Gasteiger partial charge is 0.340 e. The van der Waals surface area contributed by atoms with Gasteiger partial charge in [-0.25, -0.2) is 5.43 Å². The van der Waals surface area contributed by atoms with Gasteiger partial charge < -0.3 is 4.52 Å². The van der Waals surface area contributed by atoms with Gasteiger partial charge >= 0.3 is 6.01 Å². The Balaban J connectivity index is 1.44. The number of carbonyl (C=O) groups is 1. The number of amides is 1. The van der Waals surface area contributed by atoms with Crippen molar-refractivity contribution >= 4 is 46.9 Å². The minimum Gasteiger partial charge on any atom is -0.313 e. The fraction of sp³-hybridized carbons (Fsp3) is 0.125. The first-order valence-electron chi connectivity index (χ1n) is 7.42.